The minimum atomic E-state index is 0.699. The van der Waals surface area contributed by atoms with Gasteiger partial charge < -0.3 is 14.5 Å². The molecule has 2 aromatic rings. The van der Waals surface area contributed by atoms with Crippen LogP contribution in [0.5, 0.6) is 5.75 Å². The van der Waals surface area contributed by atoms with Crippen LogP contribution in [-0.2, 0) is 13.0 Å². The molecule has 0 spiro atoms. The van der Waals surface area contributed by atoms with Gasteiger partial charge in [0.05, 0.1) is 13.7 Å². The average molecular weight is 259 g/mol. The third-order valence-electron chi connectivity index (χ3n) is 3.71. The van der Waals surface area contributed by atoms with Gasteiger partial charge in [-0.2, -0.15) is 0 Å². The van der Waals surface area contributed by atoms with Crippen LogP contribution in [0.2, 0.25) is 0 Å². The fourth-order valence-corrected chi connectivity index (χ4v) is 2.55. The van der Waals surface area contributed by atoms with Crippen molar-refractivity contribution in [1.82, 2.24) is 5.32 Å². The third kappa shape index (κ3) is 2.47. The van der Waals surface area contributed by atoms with E-state index in [0.29, 0.717) is 6.04 Å². The molecule has 1 aromatic heterocycles. The van der Waals surface area contributed by atoms with Crippen molar-refractivity contribution in [1.29, 1.82) is 0 Å². The van der Waals surface area contributed by atoms with Crippen molar-refractivity contribution in [2.45, 2.75) is 45.2 Å². The summed E-state index contributed by atoms with van der Waals surface area (Å²) in [6.07, 6.45) is 4.78. The van der Waals surface area contributed by atoms with E-state index in [1.165, 1.54) is 23.8 Å². The lowest BCUT2D eigenvalue weighted by Crippen LogP contribution is -2.15. The van der Waals surface area contributed by atoms with Crippen LogP contribution in [0.3, 0.4) is 0 Å². The van der Waals surface area contributed by atoms with E-state index < -0.39 is 0 Å². The minimum absolute atomic E-state index is 0.699. The smallest absolute Gasteiger partial charge is 0.176 e. The second-order valence-corrected chi connectivity index (χ2v) is 5.25. The molecule has 3 heteroatoms. The molecule has 1 saturated carbocycles. The summed E-state index contributed by atoms with van der Waals surface area (Å²) >= 11 is 0. The van der Waals surface area contributed by atoms with E-state index in [4.69, 9.17) is 9.15 Å². The Bertz CT molecular complexity index is 569. The molecule has 3 nitrogen and oxygen atoms in total. The minimum Gasteiger partial charge on any atom is -0.493 e. The third-order valence-corrected chi connectivity index (χ3v) is 3.71. The molecule has 0 atom stereocenters. The maximum absolute atomic E-state index is 6.06. The van der Waals surface area contributed by atoms with Crippen LogP contribution >= 0.6 is 0 Å². The van der Waals surface area contributed by atoms with Gasteiger partial charge in [-0.25, -0.2) is 0 Å². The van der Waals surface area contributed by atoms with Crippen molar-refractivity contribution in [2.24, 2.45) is 0 Å². The second kappa shape index (κ2) is 5.25. The Labute approximate surface area is 113 Å². The van der Waals surface area contributed by atoms with E-state index >= 15 is 0 Å². The number of ether oxygens (including phenoxy) is 1. The fraction of sp³-hybridized carbons (Fsp3) is 0.500. The van der Waals surface area contributed by atoms with Gasteiger partial charge in [-0.3, -0.25) is 0 Å². The SMILES string of the molecule is CCCc1c(CNC2CC2)oc2c(OC)cccc12. The Morgan fingerprint density at radius 2 is 2.21 bits per heavy atom. The van der Waals surface area contributed by atoms with Gasteiger partial charge in [-0.05, 0) is 25.3 Å². The summed E-state index contributed by atoms with van der Waals surface area (Å²) in [5.74, 6) is 1.90. The molecular formula is C16H21NO2. The summed E-state index contributed by atoms with van der Waals surface area (Å²) in [5.41, 5.74) is 2.23. The Hall–Kier alpha value is -1.48. The lowest BCUT2D eigenvalue weighted by Gasteiger charge is -2.02. The maximum Gasteiger partial charge on any atom is 0.176 e. The average Bonchev–Trinajstić information content (AvgIpc) is 3.20. The van der Waals surface area contributed by atoms with Gasteiger partial charge in [0.2, 0.25) is 0 Å². The van der Waals surface area contributed by atoms with E-state index in [1.54, 1.807) is 7.11 Å². The molecule has 0 saturated heterocycles. The second-order valence-electron chi connectivity index (χ2n) is 5.25. The maximum atomic E-state index is 6.06. The zero-order chi connectivity index (χ0) is 13.2. The first-order valence-electron chi connectivity index (χ1n) is 7.14. The van der Waals surface area contributed by atoms with Crippen molar-refractivity contribution in [3.05, 3.63) is 29.5 Å². The standard InChI is InChI=1S/C16H21NO2/c1-3-5-12-13-6-4-7-14(18-2)16(13)19-15(12)10-17-11-8-9-11/h4,6-7,11,17H,3,5,8-10H2,1-2H3. The fourth-order valence-electron chi connectivity index (χ4n) is 2.55. The lowest BCUT2D eigenvalue weighted by atomic mass is 10.1. The molecule has 102 valence electrons. The predicted octanol–water partition coefficient (Wildman–Crippen LogP) is 3.65. The molecule has 0 aliphatic heterocycles. The first-order valence-corrected chi connectivity index (χ1v) is 7.14. The quantitative estimate of drug-likeness (QED) is 0.860. The van der Waals surface area contributed by atoms with Gasteiger partial charge in [0, 0.05) is 17.0 Å². The molecule has 1 aliphatic rings. The number of nitrogens with one attached hydrogen (secondary N) is 1. The number of fused-ring (bicyclic) bond motifs is 1. The van der Waals surface area contributed by atoms with Gasteiger partial charge in [0.1, 0.15) is 5.76 Å². The molecule has 0 amide bonds. The van der Waals surface area contributed by atoms with Gasteiger partial charge in [0.15, 0.2) is 11.3 Å². The van der Waals surface area contributed by atoms with Crippen LogP contribution in [0.4, 0.5) is 0 Å². The van der Waals surface area contributed by atoms with Crippen LogP contribution in [0.25, 0.3) is 11.0 Å². The Morgan fingerprint density at radius 3 is 2.89 bits per heavy atom. The van der Waals surface area contributed by atoms with Crippen LogP contribution < -0.4 is 10.1 Å². The molecular weight excluding hydrogens is 238 g/mol. The highest BCUT2D eigenvalue weighted by Crippen LogP contribution is 2.34. The van der Waals surface area contributed by atoms with E-state index in [-0.39, 0.29) is 0 Å². The number of para-hydroxylation sites is 1. The van der Waals surface area contributed by atoms with Crippen LogP contribution in [0.15, 0.2) is 22.6 Å². The topological polar surface area (TPSA) is 34.4 Å². The number of furan rings is 1. The molecule has 0 radical (unpaired) electrons. The van der Waals surface area contributed by atoms with Crippen LogP contribution in [0, 0.1) is 0 Å². The molecule has 3 rings (SSSR count). The zero-order valence-electron chi connectivity index (χ0n) is 11.7. The predicted molar refractivity (Wildman–Crippen MR) is 76.6 cm³/mol. The summed E-state index contributed by atoms with van der Waals surface area (Å²) < 4.78 is 11.5. The summed E-state index contributed by atoms with van der Waals surface area (Å²) in [6, 6.07) is 6.82. The van der Waals surface area contributed by atoms with Gasteiger partial charge >= 0.3 is 0 Å². The molecule has 1 N–H and O–H groups in total. The van der Waals surface area contributed by atoms with Crippen molar-refractivity contribution < 1.29 is 9.15 Å². The summed E-state index contributed by atoms with van der Waals surface area (Å²) in [5, 5.41) is 4.74. The number of rotatable bonds is 6. The lowest BCUT2D eigenvalue weighted by molar-refractivity contribution is 0.405. The highest BCUT2D eigenvalue weighted by atomic mass is 16.5. The molecule has 19 heavy (non-hydrogen) atoms. The number of benzene rings is 1. The van der Waals surface area contributed by atoms with Crippen molar-refractivity contribution in [3.63, 3.8) is 0 Å². The largest absolute Gasteiger partial charge is 0.493 e. The van der Waals surface area contributed by atoms with E-state index in [0.717, 1.165) is 36.5 Å². The highest BCUT2D eigenvalue weighted by molar-refractivity contribution is 5.87. The highest BCUT2D eigenvalue weighted by Gasteiger charge is 2.22. The first kappa shape index (κ1) is 12.5. The number of aryl methyl sites for hydroxylation is 1. The van der Waals surface area contributed by atoms with Gasteiger partial charge in [-0.15, -0.1) is 0 Å². The van der Waals surface area contributed by atoms with E-state index in [2.05, 4.69) is 18.3 Å². The van der Waals surface area contributed by atoms with Crippen LogP contribution in [0.1, 0.15) is 37.5 Å². The van der Waals surface area contributed by atoms with Gasteiger partial charge in [0.25, 0.3) is 0 Å². The summed E-state index contributed by atoms with van der Waals surface area (Å²) in [4.78, 5) is 0. The first-order chi connectivity index (χ1) is 9.33. The summed E-state index contributed by atoms with van der Waals surface area (Å²) in [7, 11) is 1.69. The number of hydrogen-bond acceptors (Lipinski definition) is 3. The van der Waals surface area contributed by atoms with E-state index in [1.807, 2.05) is 12.1 Å². The Balaban J connectivity index is 1.99. The molecule has 1 heterocycles. The molecule has 1 fully saturated rings. The molecule has 0 unspecified atom stereocenters. The molecule has 0 bridgehead atoms. The Morgan fingerprint density at radius 1 is 1.37 bits per heavy atom. The van der Waals surface area contributed by atoms with E-state index in [9.17, 15) is 0 Å². The Kier molecular flexibility index (Phi) is 3.47. The summed E-state index contributed by atoms with van der Waals surface area (Å²) in [6.45, 7) is 3.04. The molecule has 1 aromatic carbocycles. The normalized spacial score (nSPS) is 15.1. The number of methoxy groups -OCH3 is 1. The van der Waals surface area contributed by atoms with Crippen molar-refractivity contribution >= 4 is 11.0 Å². The van der Waals surface area contributed by atoms with Crippen LogP contribution in [-0.4, -0.2) is 13.2 Å². The zero-order valence-corrected chi connectivity index (χ0v) is 11.7. The van der Waals surface area contributed by atoms with Gasteiger partial charge in [-0.1, -0.05) is 25.5 Å². The molecule has 1 aliphatic carbocycles. The monoisotopic (exact) mass is 259 g/mol. The van der Waals surface area contributed by atoms with Crippen molar-refractivity contribution in [2.75, 3.05) is 7.11 Å². The van der Waals surface area contributed by atoms with Crippen molar-refractivity contribution in [3.8, 4) is 5.75 Å². The number of hydrogen-bond donors (Lipinski definition) is 1.